The molecule has 1 amide bonds. The highest BCUT2D eigenvalue weighted by molar-refractivity contribution is 5.91. The molecule has 0 spiro atoms. The fourth-order valence-corrected chi connectivity index (χ4v) is 3.15. The summed E-state index contributed by atoms with van der Waals surface area (Å²) in [5, 5.41) is 11.8. The van der Waals surface area contributed by atoms with Gasteiger partial charge in [-0.05, 0) is 41.8 Å². The van der Waals surface area contributed by atoms with Crippen molar-refractivity contribution in [2.24, 2.45) is 5.92 Å². The number of nitrogens with zero attached hydrogens (tertiary/aromatic N) is 1. The van der Waals surface area contributed by atoms with Crippen LogP contribution in [0.15, 0.2) is 42.5 Å². The average Bonchev–Trinajstić information content (AvgIpc) is 3.00. The lowest BCUT2D eigenvalue weighted by molar-refractivity contribution is -0.125. The van der Waals surface area contributed by atoms with E-state index in [2.05, 4.69) is 5.32 Å². The van der Waals surface area contributed by atoms with Crippen LogP contribution < -0.4 is 14.8 Å². The number of benzene rings is 2. The van der Waals surface area contributed by atoms with Crippen molar-refractivity contribution in [1.82, 2.24) is 5.32 Å². The van der Waals surface area contributed by atoms with Crippen molar-refractivity contribution in [3.05, 3.63) is 59.2 Å². The number of carbonyl (C=O) groups excluding carboxylic acids is 2. The second kappa shape index (κ2) is 9.79. The SMILES string of the molecule is CC(C)[C@@H](NC(=O)COC(=O)c1cccc(C#N)c1)c1ccc2c(c1)OCCCO2. The Morgan fingerprint density at radius 1 is 1.13 bits per heavy atom. The van der Waals surface area contributed by atoms with Gasteiger partial charge < -0.3 is 19.5 Å². The zero-order chi connectivity index (χ0) is 21.5. The Kier molecular flexibility index (Phi) is 6.91. The molecule has 0 unspecified atom stereocenters. The van der Waals surface area contributed by atoms with Gasteiger partial charge in [-0.3, -0.25) is 4.79 Å². The van der Waals surface area contributed by atoms with E-state index in [4.69, 9.17) is 19.5 Å². The maximum absolute atomic E-state index is 12.4. The number of hydrogen-bond donors (Lipinski definition) is 1. The van der Waals surface area contributed by atoms with Crippen LogP contribution in [0.25, 0.3) is 0 Å². The molecule has 1 aliphatic heterocycles. The molecule has 1 aliphatic rings. The van der Waals surface area contributed by atoms with Crippen LogP contribution in [0.2, 0.25) is 0 Å². The monoisotopic (exact) mass is 408 g/mol. The summed E-state index contributed by atoms with van der Waals surface area (Å²) in [6.45, 7) is 4.77. The highest BCUT2D eigenvalue weighted by Gasteiger charge is 2.22. The minimum absolute atomic E-state index is 0.0988. The molecule has 0 aromatic heterocycles. The van der Waals surface area contributed by atoms with Gasteiger partial charge in [-0.2, -0.15) is 5.26 Å². The fourth-order valence-electron chi connectivity index (χ4n) is 3.15. The van der Waals surface area contributed by atoms with Crippen molar-refractivity contribution >= 4 is 11.9 Å². The molecular formula is C23H24N2O5. The maximum Gasteiger partial charge on any atom is 0.338 e. The van der Waals surface area contributed by atoms with E-state index in [1.54, 1.807) is 12.1 Å². The molecule has 1 N–H and O–H groups in total. The van der Waals surface area contributed by atoms with E-state index < -0.39 is 18.5 Å². The van der Waals surface area contributed by atoms with Crippen LogP contribution in [0.3, 0.4) is 0 Å². The Labute approximate surface area is 175 Å². The first-order valence-corrected chi connectivity index (χ1v) is 9.84. The first-order chi connectivity index (χ1) is 14.5. The topological polar surface area (TPSA) is 97.7 Å². The van der Waals surface area contributed by atoms with Crippen molar-refractivity contribution in [3.8, 4) is 17.6 Å². The number of fused-ring (bicyclic) bond motifs is 1. The van der Waals surface area contributed by atoms with Crippen LogP contribution in [0.5, 0.6) is 11.5 Å². The van der Waals surface area contributed by atoms with E-state index in [1.165, 1.54) is 12.1 Å². The van der Waals surface area contributed by atoms with Gasteiger partial charge in [-0.25, -0.2) is 4.79 Å². The van der Waals surface area contributed by atoms with Crippen molar-refractivity contribution < 1.29 is 23.8 Å². The summed E-state index contributed by atoms with van der Waals surface area (Å²) in [6.07, 6.45) is 0.816. The van der Waals surface area contributed by atoms with Gasteiger partial charge in [0.15, 0.2) is 18.1 Å². The Morgan fingerprint density at radius 3 is 2.63 bits per heavy atom. The number of ether oxygens (including phenoxy) is 3. The zero-order valence-corrected chi connectivity index (χ0v) is 17.0. The zero-order valence-electron chi connectivity index (χ0n) is 17.0. The quantitative estimate of drug-likeness (QED) is 0.736. The number of amides is 1. The van der Waals surface area contributed by atoms with Gasteiger partial charge in [0.2, 0.25) is 0 Å². The number of nitriles is 1. The summed E-state index contributed by atoms with van der Waals surface area (Å²) in [5.74, 6) is 0.388. The predicted molar refractivity (Wildman–Crippen MR) is 109 cm³/mol. The number of hydrogen-bond acceptors (Lipinski definition) is 6. The molecule has 7 heteroatoms. The summed E-state index contributed by atoms with van der Waals surface area (Å²) in [4.78, 5) is 24.6. The van der Waals surface area contributed by atoms with E-state index >= 15 is 0 Å². The number of rotatable bonds is 6. The van der Waals surface area contributed by atoms with E-state index in [0.717, 1.165) is 12.0 Å². The molecule has 0 aliphatic carbocycles. The third kappa shape index (κ3) is 5.29. The van der Waals surface area contributed by atoms with Crippen LogP contribution in [0.1, 0.15) is 47.8 Å². The molecule has 2 aromatic rings. The Morgan fingerprint density at radius 2 is 1.90 bits per heavy atom. The molecule has 7 nitrogen and oxygen atoms in total. The third-order valence-electron chi connectivity index (χ3n) is 4.68. The molecule has 3 rings (SSSR count). The van der Waals surface area contributed by atoms with E-state index in [9.17, 15) is 9.59 Å². The number of esters is 1. The predicted octanol–water partition coefficient (Wildman–Crippen LogP) is 3.39. The average molecular weight is 408 g/mol. The number of nitrogens with one attached hydrogen (secondary N) is 1. The first-order valence-electron chi connectivity index (χ1n) is 9.84. The normalized spacial score (nSPS) is 13.7. The van der Waals surface area contributed by atoms with Crippen molar-refractivity contribution in [1.29, 1.82) is 5.26 Å². The van der Waals surface area contributed by atoms with Crippen molar-refractivity contribution in [3.63, 3.8) is 0 Å². The minimum atomic E-state index is -0.654. The molecule has 30 heavy (non-hydrogen) atoms. The van der Waals surface area contributed by atoms with Gasteiger partial charge in [-0.1, -0.05) is 26.0 Å². The van der Waals surface area contributed by atoms with Crippen molar-refractivity contribution in [2.75, 3.05) is 19.8 Å². The van der Waals surface area contributed by atoms with E-state index in [-0.39, 0.29) is 17.5 Å². The second-order valence-electron chi connectivity index (χ2n) is 7.31. The Bertz CT molecular complexity index is 964. The molecule has 1 heterocycles. The molecule has 156 valence electrons. The van der Waals surface area contributed by atoms with Crippen molar-refractivity contribution in [2.45, 2.75) is 26.3 Å². The molecule has 1 atom stereocenters. The largest absolute Gasteiger partial charge is 0.490 e. The number of carbonyl (C=O) groups is 2. The third-order valence-corrected chi connectivity index (χ3v) is 4.68. The Hall–Kier alpha value is -3.53. The highest BCUT2D eigenvalue weighted by Crippen LogP contribution is 2.34. The van der Waals surface area contributed by atoms with Crippen LogP contribution in [0, 0.1) is 17.2 Å². The summed E-state index contributed by atoms with van der Waals surface area (Å²) in [6, 6.07) is 13.5. The molecular weight excluding hydrogens is 384 g/mol. The van der Waals surface area contributed by atoms with Gasteiger partial charge in [0.25, 0.3) is 5.91 Å². The van der Waals surface area contributed by atoms with Gasteiger partial charge in [0.05, 0.1) is 36.5 Å². The molecule has 0 bridgehead atoms. The molecule has 0 radical (unpaired) electrons. The summed E-state index contributed by atoms with van der Waals surface area (Å²) in [5.41, 5.74) is 1.46. The van der Waals surface area contributed by atoms with Gasteiger partial charge in [0.1, 0.15) is 0 Å². The highest BCUT2D eigenvalue weighted by atomic mass is 16.5. The maximum atomic E-state index is 12.4. The fraction of sp³-hybridized carbons (Fsp3) is 0.348. The van der Waals surface area contributed by atoms with Gasteiger partial charge in [0, 0.05) is 6.42 Å². The Balaban J connectivity index is 1.64. The second-order valence-corrected chi connectivity index (χ2v) is 7.31. The standard InChI is InChI=1S/C23H24N2O5/c1-15(2)22(17-7-8-19-20(12-17)29-10-4-9-28-19)25-21(26)14-30-23(27)18-6-3-5-16(11-18)13-24/h3,5-8,11-12,15,22H,4,9-10,14H2,1-2H3,(H,25,26)/t22-/m1/s1. The first kappa shape index (κ1) is 21.2. The molecule has 0 saturated carbocycles. The van der Waals surface area contributed by atoms with Crippen LogP contribution in [0.4, 0.5) is 0 Å². The van der Waals surface area contributed by atoms with Crippen LogP contribution in [-0.4, -0.2) is 31.7 Å². The van der Waals surface area contributed by atoms with E-state index in [1.807, 2.05) is 38.1 Å². The van der Waals surface area contributed by atoms with Crippen LogP contribution in [-0.2, 0) is 9.53 Å². The lowest BCUT2D eigenvalue weighted by atomic mass is 9.95. The molecule has 2 aromatic carbocycles. The summed E-state index contributed by atoms with van der Waals surface area (Å²) < 4.78 is 16.5. The van der Waals surface area contributed by atoms with Gasteiger partial charge >= 0.3 is 5.97 Å². The van der Waals surface area contributed by atoms with E-state index in [0.29, 0.717) is 30.3 Å². The summed E-state index contributed by atoms with van der Waals surface area (Å²) in [7, 11) is 0. The lowest BCUT2D eigenvalue weighted by Crippen LogP contribution is -2.35. The lowest BCUT2D eigenvalue weighted by Gasteiger charge is -2.23. The smallest absolute Gasteiger partial charge is 0.338 e. The molecule has 0 fully saturated rings. The minimum Gasteiger partial charge on any atom is -0.490 e. The molecule has 0 saturated heterocycles. The summed E-state index contributed by atoms with van der Waals surface area (Å²) >= 11 is 0. The van der Waals surface area contributed by atoms with Crippen LogP contribution >= 0.6 is 0 Å². The van der Waals surface area contributed by atoms with Gasteiger partial charge in [-0.15, -0.1) is 0 Å².